The molecule has 250 valence electrons. The van der Waals surface area contributed by atoms with Gasteiger partial charge >= 0.3 is 18.2 Å². The zero-order valence-electron chi connectivity index (χ0n) is 28.2. The maximum atomic E-state index is 14.6. The number of nitrogens with zero attached hydrogens (tertiary/aromatic N) is 2. The third-order valence-corrected chi connectivity index (χ3v) is 10.3. The lowest BCUT2D eigenvalue weighted by atomic mass is 9.98. The highest BCUT2D eigenvalue weighted by Crippen LogP contribution is 2.64. The molecule has 12 heteroatoms. The van der Waals surface area contributed by atoms with Crippen LogP contribution in [0.4, 0.5) is 9.59 Å². The summed E-state index contributed by atoms with van der Waals surface area (Å²) in [4.78, 5) is 43.0. The summed E-state index contributed by atoms with van der Waals surface area (Å²) in [5, 5.41) is -0.840. The lowest BCUT2D eigenvalue weighted by Crippen LogP contribution is -2.56. The van der Waals surface area contributed by atoms with Crippen molar-refractivity contribution in [2.75, 3.05) is 32.4 Å². The highest BCUT2D eigenvalue weighted by molar-refractivity contribution is 7.62. The van der Waals surface area contributed by atoms with Gasteiger partial charge in [-0.15, -0.1) is 0 Å². The summed E-state index contributed by atoms with van der Waals surface area (Å²) >= 11 is 6.23. The number of ether oxygens (including phenoxy) is 3. The van der Waals surface area contributed by atoms with Crippen molar-refractivity contribution in [3.8, 4) is 0 Å². The smallest absolute Gasteiger partial charge is 0.419 e. The van der Waals surface area contributed by atoms with Gasteiger partial charge in [-0.25, -0.2) is 14.5 Å². The zero-order chi connectivity index (χ0) is 33.6. The molecule has 1 aromatic rings. The highest BCUT2D eigenvalue weighted by Gasteiger charge is 2.59. The highest BCUT2D eigenvalue weighted by atomic mass is 35.5. The molecule has 1 fully saturated rings. The Hall–Kier alpha value is -2.13. The first-order chi connectivity index (χ1) is 20.1. The Bertz CT molecular complexity index is 1180. The zero-order valence-corrected chi connectivity index (χ0v) is 29.8. The van der Waals surface area contributed by atoms with E-state index in [-0.39, 0.29) is 32.3 Å². The van der Waals surface area contributed by atoms with Crippen LogP contribution >= 0.6 is 19.0 Å². The Kier molecular flexibility index (Phi) is 13.0. The van der Waals surface area contributed by atoms with Crippen LogP contribution in [0.3, 0.4) is 0 Å². The fourth-order valence-corrected chi connectivity index (χ4v) is 8.19. The van der Waals surface area contributed by atoms with Crippen molar-refractivity contribution in [2.24, 2.45) is 0 Å². The van der Waals surface area contributed by atoms with Gasteiger partial charge in [-0.2, -0.15) is 0 Å². The van der Waals surface area contributed by atoms with Crippen LogP contribution < -0.4 is 0 Å². The molecule has 2 rings (SSSR count). The Morgan fingerprint density at radius 1 is 0.932 bits per heavy atom. The molecule has 0 saturated carbocycles. The normalized spacial score (nSPS) is 21.4. The maximum absolute atomic E-state index is 14.6. The van der Waals surface area contributed by atoms with Crippen LogP contribution in [-0.2, 0) is 34.6 Å². The Morgan fingerprint density at radius 3 is 2.00 bits per heavy atom. The van der Waals surface area contributed by atoms with Crippen LogP contribution in [0.15, 0.2) is 24.3 Å². The SMILES string of the molecule is CCOP1(=O)CCN(Cc2cccc(Cl)c2)CC1(CCCCN(C(=O)OC(C)(C)C)C(=O)OC(C)(C)C)C(=O)OC(C)(C)C. The molecule has 0 N–H and O–H groups in total. The quantitative estimate of drug-likeness (QED) is 0.107. The molecular formula is C32H52ClN2O8P. The Labute approximate surface area is 268 Å². The molecule has 2 amide bonds. The summed E-state index contributed by atoms with van der Waals surface area (Å²) in [6.45, 7) is 18.7. The van der Waals surface area contributed by atoms with E-state index in [4.69, 9.17) is 30.3 Å². The van der Waals surface area contributed by atoms with E-state index in [1.165, 1.54) is 0 Å². The standard InChI is InChI=1S/C32H52ClN2O8P/c1-11-40-44(39)20-19-34(22-24-15-14-16-25(33)21-24)23-32(44,26(36)41-29(2,3)4)17-12-13-18-35(27(37)42-30(5,6)7)28(38)43-31(8,9)10/h14-16,21H,11-13,17-20,22-23H2,1-10H3. The predicted molar refractivity (Wildman–Crippen MR) is 172 cm³/mol. The topological polar surface area (TPSA) is 112 Å². The number of hydrogen-bond donors (Lipinski definition) is 0. The van der Waals surface area contributed by atoms with Crippen molar-refractivity contribution in [3.63, 3.8) is 0 Å². The molecule has 0 aromatic heterocycles. The van der Waals surface area contributed by atoms with Gasteiger partial charge in [-0.1, -0.05) is 23.7 Å². The van der Waals surface area contributed by atoms with E-state index in [0.717, 1.165) is 10.5 Å². The lowest BCUT2D eigenvalue weighted by molar-refractivity contribution is -0.160. The summed E-state index contributed by atoms with van der Waals surface area (Å²) in [7, 11) is -3.55. The molecule has 2 atom stereocenters. The number of carbonyl (C=O) groups excluding carboxylic acids is 3. The minimum Gasteiger partial charge on any atom is -0.459 e. The van der Waals surface area contributed by atoms with E-state index < -0.39 is 47.5 Å². The molecule has 1 aliphatic rings. The molecule has 1 aromatic carbocycles. The van der Waals surface area contributed by atoms with Crippen LogP contribution in [0.5, 0.6) is 0 Å². The monoisotopic (exact) mass is 658 g/mol. The molecular weight excluding hydrogens is 607 g/mol. The predicted octanol–water partition coefficient (Wildman–Crippen LogP) is 7.89. The second-order valence-corrected chi connectivity index (χ2v) is 17.6. The van der Waals surface area contributed by atoms with Crippen molar-refractivity contribution in [2.45, 2.75) is 117 Å². The number of rotatable bonds is 10. The number of halogens is 1. The average molecular weight is 659 g/mol. The molecule has 0 radical (unpaired) electrons. The van der Waals surface area contributed by atoms with E-state index in [9.17, 15) is 18.9 Å². The van der Waals surface area contributed by atoms with Gasteiger partial charge in [0.2, 0.25) is 7.37 Å². The van der Waals surface area contributed by atoms with Crippen LogP contribution in [0.25, 0.3) is 0 Å². The minimum atomic E-state index is -3.55. The van der Waals surface area contributed by atoms with Crippen molar-refractivity contribution in [1.82, 2.24) is 9.80 Å². The van der Waals surface area contributed by atoms with Crippen LogP contribution in [0.2, 0.25) is 5.02 Å². The van der Waals surface area contributed by atoms with Gasteiger partial charge in [-0.05, 0) is 106 Å². The Balaban J connectivity index is 2.38. The van der Waals surface area contributed by atoms with Gasteiger partial charge in [0, 0.05) is 37.4 Å². The summed E-state index contributed by atoms with van der Waals surface area (Å²) in [5.41, 5.74) is -1.50. The summed E-state index contributed by atoms with van der Waals surface area (Å²) in [6.07, 6.45) is -0.630. The first-order valence-electron chi connectivity index (χ1n) is 15.3. The molecule has 0 spiro atoms. The fourth-order valence-electron chi connectivity index (χ4n) is 4.98. The van der Waals surface area contributed by atoms with Crippen LogP contribution in [-0.4, -0.2) is 82.3 Å². The maximum Gasteiger partial charge on any atom is 0.419 e. The third-order valence-electron chi connectivity index (χ3n) is 6.71. The van der Waals surface area contributed by atoms with Gasteiger partial charge in [0.15, 0.2) is 5.16 Å². The minimum absolute atomic E-state index is 0.0145. The number of carbonyl (C=O) groups is 3. The number of benzene rings is 1. The number of hydrogen-bond acceptors (Lipinski definition) is 9. The van der Waals surface area contributed by atoms with Gasteiger partial charge in [0.1, 0.15) is 16.8 Å². The molecule has 2 unspecified atom stereocenters. The lowest BCUT2D eigenvalue weighted by Gasteiger charge is -2.46. The molecule has 0 bridgehead atoms. The molecule has 0 aliphatic carbocycles. The van der Waals surface area contributed by atoms with Crippen LogP contribution in [0, 0.1) is 0 Å². The molecule has 1 heterocycles. The molecule has 1 saturated heterocycles. The summed E-state index contributed by atoms with van der Waals surface area (Å²) in [5.74, 6) is -0.575. The third kappa shape index (κ3) is 11.3. The second-order valence-electron chi connectivity index (χ2n) is 14.3. The van der Waals surface area contributed by atoms with E-state index in [1.54, 1.807) is 75.3 Å². The van der Waals surface area contributed by atoms with Crippen molar-refractivity contribution >= 4 is 37.1 Å². The molecule has 44 heavy (non-hydrogen) atoms. The van der Waals surface area contributed by atoms with Crippen molar-refractivity contribution in [3.05, 3.63) is 34.9 Å². The van der Waals surface area contributed by atoms with E-state index in [2.05, 4.69) is 4.90 Å². The average Bonchev–Trinajstić information content (AvgIpc) is 2.82. The van der Waals surface area contributed by atoms with E-state index >= 15 is 0 Å². The number of imide groups is 1. The first kappa shape index (κ1) is 38.1. The van der Waals surface area contributed by atoms with Crippen molar-refractivity contribution in [1.29, 1.82) is 0 Å². The Morgan fingerprint density at radius 2 is 1.50 bits per heavy atom. The van der Waals surface area contributed by atoms with Gasteiger partial charge < -0.3 is 18.7 Å². The van der Waals surface area contributed by atoms with Gasteiger partial charge in [0.05, 0.1) is 6.61 Å². The summed E-state index contributed by atoms with van der Waals surface area (Å²) in [6, 6.07) is 7.50. The number of unbranched alkanes of at least 4 members (excludes halogenated alkanes) is 1. The first-order valence-corrected chi connectivity index (χ1v) is 17.5. The number of esters is 1. The van der Waals surface area contributed by atoms with E-state index in [1.807, 2.05) is 18.2 Å². The molecule has 10 nitrogen and oxygen atoms in total. The van der Waals surface area contributed by atoms with Crippen LogP contribution in [0.1, 0.15) is 94.1 Å². The summed E-state index contributed by atoms with van der Waals surface area (Å²) < 4.78 is 37.4. The largest absolute Gasteiger partial charge is 0.459 e. The van der Waals surface area contributed by atoms with Gasteiger partial charge in [0.25, 0.3) is 0 Å². The van der Waals surface area contributed by atoms with Gasteiger partial charge in [-0.3, -0.25) is 14.3 Å². The fraction of sp³-hybridized carbons (Fsp3) is 0.719. The second kappa shape index (κ2) is 15.0. The number of amides is 2. The molecule has 1 aliphatic heterocycles. The van der Waals surface area contributed by atoms with Crippen molar-refractivity contribution < 1.29 is 37.7 Å². The van der Waals surface area contributed by atoms with E-state index in [0.29, 0.717) is 31.0 Å².